The maximum atomic E-state index is 12.5. The van der Waals surface area contributed by atoms with E-state index in [-0.39, 0.29) is 11.9 Å². The number of hydrogen-bond donors (Lipinski definition) is 1. The van der Waals surface area contributed by atoms with Crippen LogP contribution in [0.2, 0.25) is 0 Å². The molecular formula is C17H19BrN2O3. The first kappa shape index (κ1) is 16.1. The summed E-state index contributed by atoms with van der Waals surface area (Å²) >= 11 is 3.38. The molecule has 0 radical (unpaired) electrons. The molecule has 1 aliphatic rings. The van der Waals surface area contributed by atoms with Gasteiger partial charge in [-0.25, -0.2) is 0 Å². The number of carbonyl (C=O) groups excluding carboxylic acids is 1. The Morgan fingerprint density at radius 2 is 2.13 bits per heavy atom. The molecule has 1 fully saturated rings. The minimum atomic E-state index is -0.0612. The molecule has 2 aromatic rings. The first-order valence-corrected chi connectivity index (χ1v) is 8.41. The van der Waals surface area contributed by atoms with Gasteiger partial charge in [-0.1, -0.05) is 15.9 Å². The zero-order valence-corrected chi connectivity index (χ0v) is 14.5. The zero-order chi connectivity index (χ0) is 16.2. The molecule has 0 spiro atoms. The number of carbonyl (C=O) groups is 1. The second-order valence-corrected chi connectivity index (χ2v) is 6.48. The molecule has 5 nitrogen and oxygen atoms in total. The van der Waals surface area contributed by atoms with E-state index in [1.165, 1.54) is 0 Å². The number of nitrogens with one attached hydrogen (secondary N) is 1. The highest BCUT2D eigenvalue weighted by Crippen LogP contribution is 2.19. The van der Waals surface area contributed by atoms with E-state index in [9.17, 15) is 4.79 Å². The van der Waals surface area contributed by atoms with Crippen molar-refractivity contribution >= 4 is 21.8 Å². The summed E-state index contributed by atoms with van der Waals surface area (Å²) in [4.78, 5) is 14.3. The van der Waals surface area contributed by atoms with E-state index >= 15 is 0 Å². The molecule has 1 aromatic heterocycles. The average molecular weight is 379 g/mol. The van der Waals surface area contributed by atoms with E-state index in [0.717, 1.165) is 23.3 Å². The molecule has 23 heavy (non-hydrogen) atoms. The summed E-state index contributed by atoms with van der Waals surface area (Å²) in [5, 5.41) is 3.27. The minimum Gasteiger partial charge on any atom is -0.486 e. The Morgan fingerprint density at radius 1 is 1.35 bits per heavy atom. The van der Waals surface area contributed by atoms with Gasteiger partial charge in [-0.2, -0.15) is 0 Å². The summed E-state index contributed by atoms with van der Waals surface area (Å²) in [6.07, 6.45) is 0. The Bertz CT molecular complexity index is 669. The van der Waals surface area contributed by atoms with Gasteiger partial charge in [0.05, 0.1) is 0 Å². The zero-order valence-electron chi connectivity index (χ0n) is 12.9. The van der Waals surface area contributed by atoms with Crippen LogP contribution in [0.1, 0.15) is 23.2 Å². The molecule has 1 aromatic carbocycles. The molecule has 1 saturated heterocycles. The van der Waals surface area contributed by atoms with Gasteiger partial charge in [-0.05, 0) is 43.3 Å². The lowest BCUT2D eigenvalue weighted by Crippen LogP contribution is -2.52. The van der Waals surface area contributed by atoms with Crippen LogP contribution in [0.25, 0.3) is 0 Å². The minimum absolute atomic E-state index is 0.0612. The highest BCUT2D eigenvalue weighted by Gasteiger charge is 2.26. The van der Waals surface area contributed by atoms with Crippen molar-refractivity contribution in [2.45, 2.75) is 19.6 Å². The molecule has 6 heteroatoms. The van der Waals surface area contributed by atoms with Crippen LogP contribution in [0.15, 0.2) is 45.3 Å². The molecule has 0 unspecified atom stereocenters. The van der Waals surface area contributed by atoms with Crippen molar-refractivity contribution in [1.82, 2.24) is 10.2 Å². The Morgan fingerprint density at radius 3 is 2.87 bits per heavy atom. The van der Waals surface area contributed by atoms with Gasteiger partial charge in [0, 0.05) is 30.1 Å². The lowest BCUT2D eigenvalue weighted by Gasteiger charge is -2.33. The van der Waals surface area contributed by atoms with E-state index < -0.39 is 0 Å². The molecule has 2 heterocycles. The Hall–Kier alpha value is -1.79. The molecule has 0 saturated carbocycles. The number of halogens is 1. The van der Waals surface area contributed by atoms with Crippen molar-refractivity contribution < 1.29 is 13.9 Å². The number of ether oxygens (including phenoxy) is 1. The van der Waals surface area contributed by atoms with Gasteiger partial charge in [-0.3, -0.25) is 4.79 Å². The van der Waals surface area contributed by atoms with Crippen LogP contribution in [-0.2, 0) is 6.61 Å². The van der Waals surface area contributed by atoms with Gasteiger partial charge in [0.2, 0.25) is 0 Å². The summed E-state index contributed by atoms with van der Waals surface area (Å²) in [5.74, 6) is 1.70. The van der Waals surface area contributed by atoms with Crippen molar-refractivity contribution in [1.29, 1.82) is 0 Å². The molecule has 0 aliphatic carbocycles. The Labute approximate surface area is 143 Å². The molecule has 3 rings (SSSR count). The molecule has 1 amide bonds. The van der Waals surface area contributed by atoms with E-state index in [2.05, 4.69) is 21.2 Å². The smallest absolute Gasteiger partial charge is 0.289 e. The summed E-state index contributed by atoms with van der Waals surface area (Å²) in [6, 6.07) is 11.3. The van der Waals surface area contributed by atoms with E-state index in [1.54, 1.807) is 12.1 Å². The van der Waals surface area contributed by atoms with Crippen LogP contribution in [-0.4, -0.2) is 36.5 Å². The van der Waals surface area contributed by atoms with Gasteiger partial charge < -0.3 is 19.4 Å². The van der Waals surface area contributed by atoms with Crippen LogP contribution < -0.4 is 10.1 Å². The highest BCUT2D eigenvalue weighted by atomic mass is 79.9. The van der Waals surface area contributed by atoms with Crippen LogP contribution in [0.5, 0.6) is 5.75 Å². The fraction of sp³-hybridized carbons (Fsp3) is 0.353. The van der Waals surface area contributed by atoms with Crippen molar-refractivity contribution in [2.24, 2.45) is 0 Å². The first-order valence-electron chi connectivity index (χ1n) is 7.62. The maximum absolute atomic E-state index is 12.5. The number of benzene rings is 1. The van der Waals surface area contributed by atoms with Gasteiger partial charge in [0.1, 0.15) is 18.1 Å². The lowest BCUT2D eigenvalue weighted by atomic mass is 10.2. The number of hydrogen-bond acceptors (Lipinski definition) is 4. The molecule has 1 atom stereocenters. The SMILES string of the molecule is C[C@H]1CNCCN1C(=O)c1ccc(COc2ccc(Br)cc2)o1. The second-order valence-electron chi connectivity index (χ2n) is 5.56. The van der Waals surface area contributed by atoms with Gasteiger partial charge in [0.15, 0.2) is 5.76 Å². The van der Waals surface area contributed by atoms with Crippen LogP contribution in [0.4, 0.5) is 0 Å². The third kappa shape index (κ3) is 3.95. The fourth-order valence-electron chi connectivity index (χ4n) is 2.54. The third-order valence-electron chi connectivity index (χ3n) is 3.83. The third-order valence-corrected chi connectivity index (χ3v) is 4.36. The second kappa shape index (κ2) is 7.19. The number of nitrogens with zero attached hydrogens (tertiary/aromatic N) is 1. The first-order chi connectivity index (χ1) is 11.1. The molecule has 0 bridgehead atoms. The molecule has 1 aliphatic heterocycles. The van der Waals surface area contributed by atoms with Crippen molar-refractivity contribution in [3.05, 3.63) is 52.4 Å². The quantitative estimate of drug-likeness (QED) is 0.887. The monoisotopic (exact) mass is 378 g/mol. The summed E-state index contributed by atoms with van der Waals surface area (Å²) in [7, 11) is 0. The number of amides is 1. The average Bonchev–Trinajstić information content (AvgIpc) is 3.03. The van der Waals surface area contributed by atoms with Gasteiger partial charge in [-0.15, -0.1) is 0 Å². The largest absolute Gasteiger partial charge is 0.486 e. The number of piperazine rings is 1. The Balaban J connectivity index is 1.61. The molecule has 122 valence electrons. The summed E-state index contributed by atoms with van der Waals surface area (Å²) < 4.78 is 12.3. The van der Waals surface area contributed by atoms with E-state index in [0.29, 0.717) is 24.7 Å². The highest BCUT2D eigenvalue weighted by molar-refractivity contribution is 9.10. The van der Waals surface area contributed by atoms with Gasteiger partial charge >= 0.3 is 0 Å². The van der Waals surface area contributed by atoms with Crippen LogP contribution in [0, 0.1) is 0 Å². The topological polar surface area (TPSA) is 54.7 Å². The van der Waals surface area contributed by atoms with Crippen molar-refractivity contribution in [3.63, 3.8) is 0 Å². The fourth-order valence-corrected chi connectivity index (χ4v) is 2.80. The normalized spacial score (nSPS) is 18.0. The standard InChI is InChI=1S/C17H19BrN2O3/c1-12-10-19-8-9-20(12)17(21)16-7-6-15(23-16)11-22-14-4-2-13(18)3-5-14/h2-7,12,19H,8-11H2,1H3/t12-/m0/s1. The van der Waals surface area contributed by atoms with Crippen molar-refractivity contribution in [3.8, 4) is 5.75 Å². The predicted octanol–water partition coefficient (Wildman–Crippen LogP) is 3.06. The summed E-state index contributed by atoms with van der Waals surface area (Å²) in [5.41, 5.74) is 0. The van der Waals surface area contributed by atoms with Crippen LogP contribution >= 0.6 is 15.9 Å². The molecular weight excluding hydrogens is 360 g/mol. The predicted molar refractivity (Wildman–Crippen MR) is 90.6 cm³/mol. The lowest BCUT2D eigenvalue weighted by molar-refractivity contribution is 0.0619. The molecule has 1 N–H and O–H groups in total. The van der Waals surface area contributed by atoms with Crippen LogP contribution in [0.3, 0.4) is 0 Å². The van der Waals surface area contributed by atoms with E-state index in [1.807, 2.05) is 36.1 Å². The summed E-state index contributed by atoms with van der Waals surface area (Å²) in [6.45, 7) is 4.66. The van der Waals surface area contributed by atoms with Crippen molar-refractivity contribution in [2.75, 3.05) is 19.6 Å². The number of rotatable bonds is 4. The Kier molecular flexibility index (Phi) is 5.03. The maximum Gasteiger partial charge on any atom is 0.289 e. The van der Waals surface area contributed by atoms with E-state index in [4.69, 9.17) is 9.15 Å². The van der Waals surface area contributed by atoms with Gasteiger partial charge in [0.25, 0.3) is 5.91 Å². The number of furan rings is 1.